The number of carbonyl (C=O) groups is 1. The first kappa shape index (κ1) is 18.1. The maximum Gasteiger partial charge on any atom is 0.340 e. The summed E-state index contributed by atoms with van der Waals surface area (Å²) in [6.45, 7) is 0.184. The monoisotopic (exact) mass is 369 g/mol. The van der Waals surface area contributed by atoms with Crippen LogP contribution in [0, 0.1) is 0 Å². The van der Waals surface area contributed by atoms with E-state index in [1.165, 1.54) is 12.1 Å². The third kappa shape index (κ3) is 5.75. The van der Waals surface area contributed by atoms with Crippen molar-refractivity contribution in [1.82, 2.24) is 0 Å². The molecule has 24 heavy (non-hydrogen) atoms. The molecule has 0 fully saturated rings. The van der Waals surface area contributed by atoms with E-state index in [9.17, 15) is 13.2 Å². The number of ether oxygens (including phenoxy) is 2. The summed E-state index contributed by atoms with van der Waals surface area (Å²) in [4.78, 5) is 12.1. The lowest BCUT2D eigenvalue weighted by molar-refractivity contribution is 0.0451. The molecule has 2 rings (SSSR count). The van der Waals surface area contributed by atoms with E-state index in [4.69, 9.17) is 21.1 Å². The van der Waals surface area contributed by atoms with Gasteiger partial charge in [0.25, 0.3) is 0 Å². The highest BCUT2D eigenvalue weighted by atomic mass is 35.5. The zero-order valence-corrected chi connectivity index (χ0v) is 14.4. The highest BCUT2D eigenvalue weighted by Crippen LogP contribution is 2.18. The average Bonchev–Trinajstić information content (AvgIpc) is 2.52. The molecule has 0 bridgehead atoms. The molecule has 0 aromatic heterocycles. The quantitative estimate of drug-likeness (QED) is 0.599. The number of anilines is 1. The summed E-state index contributed by atoms with van der Waals surface area (Å²) in [7, 11) is -3.49. The summed E-state index contributed by atoms with van der Waals surface area (Å²) in [5.41, 5.74) is 0.304. The Morgan fingerprint density at radius 1 is 1.08 bits per heavy atom. The molecule has 0 saturated heterocycles. The predicted octanol–water partition coefficient (Wildman–Crippen LogP) is 2.95. The van der Waals surface area contributed by atoms with Crippen molar-refractivity contribution in [3.63, 3.8) is 0 Å². The zero-order chi connectivity index (χ0) is 17.6. The fraction of sp³-hybridized carbons (Fsp3) is 0.188. The van der Waals surface area contributed by atoms with Crippen LogP contribution in [0.2, 0.25) is 5.02 Å². The number of sulfonamides is 1. The molecule has 0 heterocycles. The maximum absolute atomic E-state index is 12.1. The van der Waals surface area contributed by atoms with Crippen molar-refractivity contribution in [3.05, 3.63) is 59.1 Å². The number of hydrogen-bond acceptors (Lipinski definition) is 5. The molecule has 2 aromatic rings. The molecule has 0 spiro atoms. The van der Waals surface area contributed by atoms with Crippen molar-refractivity contribution < 1.29 is 22.7 Å². The Labute approximate surface area is 145 Å². The first-order valence-electron chi connectivity index (χ1n) is 6.97. The van der Waals surface area contributed by atoms with Crippen LogP contribution in [-0.2, 0) is 14.8 Å². The van der Waals surface area contributed by atoms with E-state index < -0.39 is 16.0 Å². The van der Waals surface area contributed by atoms with E-state index in [2.05, 4.69) is 4.72 Å². The lowest BCUT2D eigenvalue weighted by Gasteiger charge is -2.11. The van der Waals surface area contributed by atoms with Gasteiger partial charge in [-0.25, -0.2) is 13.2 Å². The molecule has 128 valence electrons. The summed E-state index contributed by atoms with van der Waals surface area (Å²) < 4.78 is 35.4. The predicted molar refractivity (Wildman–Crippen MR) is 92.1 cm³/mol. The number of benzene rings is 2. The molecule has 6 nitrogen and oxygen atoms in total. The largest absolute Gasteiger partial charge is 0.490 e. The van der Waals surface area contributed by atoms with Gasteiger partial charge in [0.1, 0.15) is 19.0 Å². The van der Waals surface area contributed by atoms with E-state index in [1.54, 1.807) is 36.4 Å². The van der Waals surface area contributed by atoms with E-state index in [-0.39, 0.29) is 24.5 Å². The summed E-state index contributed by atoms with van der Waals surface area (Å²) >= 11 is 5.77. The minimum Gasteiger partial charge on any atom is -0.490 e. The molecule has 0 aliphatic heterocycles. The Morgan fingerprint density at radius 3 is 2.42 bits per heavy atom. The van der Waals surface area contributed by atoms with E-state index in [1.807, 2.05) is 0 Å². The van der Waals surface area contributed by atoms with Crippen LogP contribution in [0.3, 0.4) is 0 Å². The van der Waals surface area contributed by atoms with Gasteiger partial charge in [0, 0.05) is 5.02 Å². The highest BCUT2D eigenvalue weighted by molar-refractivity contribution is 7.92. The van der Waals surface area contributed by atoms with Gasteiger partial charge in [0.05, 0.1) is 17.5 Å². The molecule has 0 unspecified atom stereocenters. The molecule has 0 aliphatic carbocycles. The number of rotatable bonds is 7. The summed E-state index contributed by atoms with van der Waals surface area (Å²) in [6.07, 6.45) is 1.01. The first-order chi connectivity index (χ1) is 11.3. The van der Waals surface area contributed by atoms with Gasteiger partial charge in [0.15, 0.2) is 0 Å². The molecule has 1 N–H and O–H groups in total. The number of esters is 1. The van der Waals surface area contributed by atoms with Crippen molar-refractivity contribution in [2.75, 3.05) is 24.2 Å². The third-order valence-electron chi connectivity index (χ3n) is 2.84. The lowest BCUT2D eigenvalue weighted by Crippen LogP contribution is -2.16. The number of carbonyl (C=O) groups excluding carboxylic acids is 1. The molecule has 2 aromatic carbocycles. The van der Waals surface area contributed by atoms with Crippen LogP contribution in [0.25, 0.3) is 0 Å². The number of para-hydroxylation sites is 1. The average molecular weight is 370 g/mol. The van der Waals surface area contributed by atoms with Crippen LogP contribution in [0.1, 0.15) is 10.4 Å². The van der Waals surface area contributed by atoms with Crippen molar-refractivity contribution in [3.8, 4) is 5.75 Å². The van der Waals surface area contributed by atoms with Crippen LogP contribution in [-0.4, -0.2) is 33.9 Å². The Bertz CT molecular complexity index is 805. The maximum atomic E-state index is 12.1. The second-order valence-electron chi connectivity index (χ2n) is 4.86. The Balaban J connectivity index is 1.90. The van der Waals surface area contributed by atoms with Gasteiger partial charge in [-0.1, -0.05) is 23.7 Å². The van der Waals surface area contributed by atoms with Gasteiger partial charge in [-0.2, -0.15) is 0 Å². The van der Waals surface area contributed by atoms with Crippen LogP contribution in [0.15, 0.2) is 48.5 Å². The molecular weight excluding hydrogens is 354 g/mol. The molecule has 0 radical (unpaired) electrons. The van der Waals surface area contributed by atoms with Crippen LogP contribution in [0.4, 0.5) is 5.69 Å². The molecule has 0 saturated carbocycles. The van der Waals surface area contributed by atoms with Crippen LogP contribution < -0.4 is 9.46 Å². The first-order valence-corrected chi connectivity index (χ1v) is 9.24. The number of nitrogens with one attached hydrogen (secondary N) is 1. The second-order valence-corrected chi connectivity index (χ2v) is 7.04. The van der Waals surface area contributed by atoms with Crippen LogP contribution in [0.5, 0.6) is 5.75 Å². The van der Waals surface area contributed by atoms with Crippen molar-refractivity contribution >= 4 is 33.3 Å². The Hall–Kier alpha value is -2.25. The van der Waals surface area contributed by atoms with Crippen LogP contribution >= 0.6 is 11.6 Å². The van der Waals surface area contributed by atoms with Crippen molar-refractivity contribution in [2.24, 2.45) is 0 Å². The lowest BCUT2D eigenvalue weighted by atomic mass is 10.2. The summed E-state index contributed by atoms with van der Waals surface area (Å²) in [5.74, 6) is -0.0314. The zero-order valence-electron chi connectivity index (χ0n) is 12.9. The minimum atomic E-state index is -3.49. The number of hydrogen-bond donors (Lipinski definition) is 1. The van der Waals surface area contributed by atoms with Gasteiger partial charge >= 0.3 is 5.97 Å². The second kappa shape index (κ2) is 8.03. The van der Waals surface area contributed by atoms with Gasteiger partial charge in [-0.15, -0.1) is 0 Å². The Morgan fingerprint density at radius 2 is 1.75 bits per heavy atom. The smallest absolute Gasteiger partial charge is 0.340 e. The van der Waals surface area contributed by atoms with Gasteiger partial charge in [-0.05, 0) is 36.4 Å². The van der Waals surface area contributed by atoms with Crippen molar-refractivity contribution in [2.45, 2.75) is 0 Å². The highest BCUT2D eigenvalue weighted by Gasteiger charge is 2.14. The number of halogens is 1. The van der Waals surface area contributed by atoms with E-state index in [0.29, 0.717) is 10.8 Å². The summed E-state index contributed by atoms with van der Waals surface area (Å²) in [5, 5.41) is 0.601. The van der Waals surface area contributed by atoms with Gasteiger partial charge < -0.3 is 9.47 Å². The minimum absolute atomic E-state index is 0.0225. The van der Waals surface area contributed by atoms with Crippen molar-refractivity contribution in [1.29, 1.82) is 0 Å². The fourth-order valence-corrected chi connectivity index (χ4v) is 2.56. The normalized spacial score (nSPS) is 10.9. The SMILES string of the molecule is CS(=O)(=O)Nc1ccccc1C(=O)OCCOc1ccc(Cl)cc1. The van der Waals surface area contributed by atoms with Gasteiger partial charge in [-0.3, -0.25) is 4.72 Å². The van der Waals surface area contributed by atoms with E-state index in [0.717, 1.165) is 6.26 Å². The Kier molecular flexibility index (Phi) is 6.05. The third-order valence-corrected chi connectivity index (χ3v) is 3.68. The molecular formula is C16H16ClNO5S. The van der Waals surface area contributed by atoms with Gasteiger partial charge in [0.2, 0.25) is 10.0 Å². The molecule has 8 heteroatoms. The molecule has 0 atom stereocenters. The molecule has 0 aliphatic rings. The molecule has 0 amide bonds. The van der Waals surface area contributed by atoms with E-state index >= 15 is 0 Å². The fourth-order valence-electron chi connectivity index (χ4n) is 1.85. The summed E-state index contributed by atoms with van der Waals surface area (Å²) in [6, 6.07) is 13.0. The topological polar surface area (TPSA) is 81.7 Å². The standard InChI is InChI=1S/C16H16ClNO5S/c1-24(20,21)18-15-5-3-2-4-14(15)16(19)23-11-10-22-13-8-6-12(17)7-9-13/h2-9,18H,10-11H2,1H3.